The normalized spacial score (nSPS) is 22.6. The van der Waals surface area contributed by atoms with E-state index in [9.17, 15) is 4.79 Å². The summed E-state index contributed by atoms with van der Waals surface area (Å²) >= 11 is 0. The fourth-order valence-corrected chi connectivity index (χ4v) is 2.89. The van der Waals surface area contributed by atoms with E-state index in [1.54, 1.807) is 26.1 Å². The van der Waals surface area contributed by atoms with Crippen LogP contribution in [0.3, 0.4) is 0 Å². The van der Waals surface area contributed by atoms with Crippen molar-refractivity contribution < 1.29 is 9.53 Å². The first-order valence-corrected chi connectivity index (χ1v) is 7.14. The van der Waals surface area contributed by atoms with Crippen molar-refractivity contribution in [2.75, 3.05) is 34.3 Å². The van der Waals surface area contributed by atoms with E-state index in [1.165, 1.54) is 5.56 Å². The Balaban J connectivity index is 2.05. The summed E-state index contributed by atoms with van der Waals surface area (Å²) in [7, 11) is 5.37. The van der Waals surface area contributed by atoms with Crippen LogP contribution in [-0.4, -0.2) is 56.2 Å². The lowest BCUT2D eigenvalue weighted by molar-refractivity contribution is 0.00136. The summed E-state index contributed by atoms with van der Waals surface area (Å²) in [6.45, 7) is 1.55. The third-order valence-electron chi connectivity index (χ3n) is 3.96. The number of nitrogens with zero attached hydrogens (tertiary/aromatic N) is 2. The molecule has 0 unspecified atom stereocenters. The van der Waals surface area contributed by atoms with Crippen molar-refractivity contribution in [2.45, 2.75) is 18.9 Å². The molecule has 4 nitrogen and oxygen atoms in total. The fourth-order valence-electron chi connectivity index (χ4n) is 2.89. The van der Waals surface area contributed by atoms with Crippen molar-refractivity contribution in [1.82, 2.24) is 9.80 Å². The maximum absolute atomic E-state index is 12.1. The Morgan fingerprint density at radius 2 is 2.05 bits per heavy atom. The number of benzene rings is 1. The summed E-state index contributed by atoms with van der Waals surface area (Å²) in [6, 6.07) is 10.5. The number of ether oxygens (including phenoxy) is 1. The molecule has 2 amide bonds. The standard InChI is InChI=1S/C16H24N2O2/c1-17(2)16(19)18-10-9-15(20-3)14(12-18)11-13-7-5-4-6-8-13/h4-8,14-15H,9-12H2,1-3H3/t14-,15+/m0/s1. The van der Waals surface area contributed by atoms with Crippen molar-refractivity contribution in [1.29, 1.82) is 0 Å². The maximum atomic E-state index is 12.1. The van der Waals surface area contributed by atoms with Crippen LogP contribution in [0.1, 0.15) is 12.0 Å². The molecule has 1 aliphatic rings. The van der Waals surface area contributed by atoms with E-state index in [4.69, 9.17) is 4.74 Å². The van der Waals surface area contributed by atoms with E-state index in [1.807, 2.05) is 11.0 Å². The predicted octanol–water partition coefficient (Wildman–Crippen LogP) is 2.25. The highest BCUT2D eigenvalue weighted by molar-refractivity contribution is 5.73. The zero-order valence-electron chi connectivity index (χ0n) is 12.6. The number of piperidine rings is 1. The molecule has 1 heterocycles. The van der Waals surface area contributed by atoms with Crippen molar-refractivity contribution in [3.63, 3.8) is 0 Å². The molecule has 0 spiro atoms. The van der Waals surface area contributed by atoms with Gasteiger partial charge in [-0.05, 0) is 18.4 Å². The van der Waals surface area contributed by atoms with Crippen molar-refractivity contribution >= 4 is 6.03 Å². The summed E-state index contributed by atoms with van der Waals surface area (Å²) in [4.78, 5) is 15.7. The Morgan fingerprint density at radius 1 is 1.35 bits per heavy atom. The van der Waals surface area contributed by atoms with Gasteiger partial charge in [-0.1, -0.05) is 30.3 Å². The summed E-state index contributed by atoms with van der Waals surface area (Å²) in [6.07, 6.45) is 2.10. The van der Waals surface area contributed by atoms with Gasteiger partial charge in [0.2, 0.25) is 0 Å². The van der Waals surface area contributed by atoms with Crippen LogP contribution in [0.4, 0.5) is 4.79 Å². The molecular formula is C16H24N2O2. The maximum Gasteiger partial charge on any atom is 0.319 e. The highest BCUT2D eigenvalue weighted by atomic mass is 16.5. The first-order valence-electron chi connectivity index (χ1n) is 7.14. The molecule has 0 N–H and O–H groups in total. The van der Waals surface area contributed by atoms with Gasteiger partial charge in [-0.3, -0.25) is 0 Å². The largest absolute Gasteiger partial charge is 0.381 e. The van der Waals surface area contributed by atoms with Gasteiger partial charge in [-0.25, -0.2) is 4.79 Å². The first kappa shape index (κ1) is 14.9. The molecule has 1 fully saturated rings. The summed E-state index contributed by atoms with van der Waals surface area (Å²) in [5, 5.41) is 0. The molecule has 0 saturated carbocycles. The number of amides is 2. The van der Waals surface area contributed by atoms with Crippen molar-refractivity contribution in [2.24, 2.45) is 5.92 Å². The number of carbonyl (C=O) groups is 1. The summed E-state index contributed by atoms with van der Waals surface area (Å²) in [5.41, 5.74) is 1.30. The lowest BCUT2D eigenvalue weighted by Gasteiger charge is -2.39. The van der Waals surface area contributed by atoms with E-state index in [0.29, 0.717) is 5.92 Å². The molecule has 2 atom stereocenters. The molecule has 1 saturated heterocycles. The minimum absolute atomic E-state index is 0.0950. The summed E-state index contributed by atoms with van der Waals surface area (Å²) < 4.78 is 5.61. The SMILES string of the molecule is CO[C@@H]1CCN(C(=O)N(C)C)C[C@@H]1Cc1ccccc1. The lowest BCUT2D eigenvalue weighted by Crippen LogP contribution is -2.50. The predicted molar refractivity (Wildman–Crippen MR) is 79.7 cm³/mol. The Hall–Kier alpha value is -1.55. The second-order valence-electron chi connectivity index (χ2n) is 5.64. The molecule has 1 aromatic rings. The van der Waals surface area contributed by atoms with Crippen LogP contribution in [0, 0.1) is 5.92 Å². The van der Waals surface area contributed by atoms with Crippen molar-refractivity contribution in [3.05, 3.63) is 35.9 Å². The van der Waals surface area contributed by atoms with Gasteiger partial charge in [0.25, 0.3) is 0 Å². The molecule has 0 aliphatic carbocycles. The van der Waals surface area contributed by atoms with Gasteiger partial charge >= 0.3 is 6.03 Å². The van der Waals surface area contributed by atoms with E-state index >= 15 is 0 Å². The quantitative estimate of drug-likeness (QED) is 0.848. The monoisotopic (exact) mass is 276 g/mol. The molecule has 1 aliphatic heterocycles. The Bertz CT molecular complexity index is 433. The van der Waals surface area contributed by atoms with E-state index in [0.717, 1.165) is 25.9 Å². The molecule has 2 rings (SSSR count). The van der Waals surface area contributed by atoms with E-state index in [2.05, 4.69) is 24.3 Å². The smallest absolute Gasteiger partial charge is 0.319 e. The van der Waals surface area contributed by atoms with Crippen LogP contribution in [0.5, 0.6) is 0 Å². The van der Waals surface area contributed by atoms with Crippen LogP contribution >= 0.6 is 0 Å². The van der Waals surface area contributed by atoms with Crippen LogP contribution < -0.4 is 0 Å². The third-order valence-corrected chi connectivity index (χ3v) is 3.96. The molecular weight excluding hydrogens is 252 g/mol. The van der Waals surface area contributed by atoms with Gasteiger partial charge in [-0.15, -0.1) is 0 Å². The number of rotatable bonds is 3. The second kappa shape index (κ2) is 6.75. The molecule has 20 heavy (non-hydrogen) atoms. The average Bonchev–Trinajstić information content (AvgIpc) is 2.47. The number of urea groups is 1. The lowest BCUT2D eigenvalue weighted by atomic mass is 9.88. The molecule has 110 valence electrons. The van der Waals surface area contributed by atoms with E-state index < -0.39 is 0 Å². The Labute approximate surface area is 121 Å². The van der Waals surface area contributed by atoms with Gasteiger partial charge in [0, 0.05) is 40.2 Å². The van der Waals surface area contributed by atoms with Gasteiger partial charge < -0.3 is 14.5 Å². The molecule has 4 heteroatoms. The fraction of sp³-hybridized carbons (Fsp3) is 0.562. The number of methoxy groups -OCH3 is 1. The molecule has 0 bridgehead atoms. The van der Waals surface area contributed by atoms with E-state index in [-0.39, 0.29) is 12.1 Å². The minimum Gasteiger partial charge on any atom is -0.381 e. The van der Waals surface area contributed by atoms with Gasteiger partial charge in [-0.2, -0.15) is 0 Å². The first-order chi connectivity index (χ1) is 9.61. The summed E-state index contributed by atoms with van der Waals surface area (Å²) in [5.74, 6) is 0.361. The number of hydrogen-bond donors (Lipinski definition) is 0. The topological polar surface area (TPSA) is 32.8 Å². The highest BCUT2D eigenvalue weighted by Gasteiger charge is 2.32. The van der Waals surface area contributed by atoms with Gasteiger partial charge in [0.1, 0.15) is 0 Å². The molecule has 0 aromatic heterocycles. The highest BCUT2D eigenvalue weighted by Crippen LogP contribution is 2.24. The average molecular weight is 276 g/mol. The minimum atomic E-state index is 0.0950. The number of carbonyl (C=O) groups excluding carboxylic acids is 1. The second-order valence-corrected chi connectivity index (χ2v) is 5.64. The van der Waals surface area contributed by atoms with Crippen LogP contribution in [-0.2, 0) is 11.2 Å². The molecule has 1 aromatic carbocycles. The van der Waals surface area contributed by atoms with Crippen LogP contribution in [0.25, 0.3) is 0 Å². The molecule has 0 radical (unpaired) electrons. The van der Waals surface area contributed by atoms with Crippen LogP contribution in [0.15, 0.2) is 30.3 Å². The number of hydrogen-bond acceptors (Lipinski definition) is 2. The van der Waals surface area contributed by atoms with Crippen molar-refractivity contribution in [3.8, 4) is 0 Å². The zero-order valence-corrected chi connectivity index (χ0v) is 12.6. The van der Waals surface area contributed by atoms with Gasteiger partial charge in [0.15, 0.2) is 0 Å². The third kappa shape index (κ3) is 3.51. The number of likely N-dealkylation sites (tertiary alicyclic amines) is 1. The Morgan fingerprint density at radius 3 is 2.65 bits per heavy atom. The zero-order chi connectivity index (χ0) is 14.5. The Kier molecular flexibility index (Phi) is 5.01. The van der Waals surface area contributed by atoms with Gasteiger partial charge in [0.05, 0.1) is 6.10 Å². The van der Waals surface area contributed by atoms with Crippen LogP contribution in [0.2, 0.25) is 0 Å².